The van der Waals surface area contributed by atoms with Gasteiger partial charge in [-0.25, -0.2) is 28.7 Å². The molecule has 1 rings (SSSR count). The zero-order valence-corrected chi connectivity index (χ0v) is 75.2. The van der Waals surface area contributed by atoms with Crippen molar-refractivity contribution in [3.8, 4) is 0 Å². The molecule has 19 nitrogen and oxygen atoms in total. The third kappa shape index (κ3) is 84.0. The van der Waals surface area contributed by atoms with E-state index in [0.717, 1.165) is 70.8 Å². The molecule has 0 bridgehead atoms. The van der Waals surface area contributed by atoms with Crippen LogP contribution < -0.4 is 0 Å². The van der Waals surface area contributed by atoms with Gasteiger partial charge in [0.15, 0.2) is 29.0 Å². The molecule has 0 fully saturated rings. The smallest absolute Gasteiger partial charge is 0.335 e. The second kappa shape index (κ2) is 90.1. The minimum absolute atomic E-state index is 0.514. The first-order valence-corrected chi connectivity index (χ1v) is 46.5. The second-order valence-corrected chi connectivity index (χ2v) is 31.8. The normalized spacial score (nSPS) is 12.3. The predicted octanol–water partition coefficient (Wildman–Crippen LogP) is 27.1. The number of aliphatic carboxylic acids is 5. The van der Waals surface area contributed by atoms with E-state index in [9.17, 15) is 29.1 Å². The van der Waals surface area contributed by atoms with E-state index in [-0.39, 0.29) is 0 Å². The lowest BCUT2D eigenvalue weighted by Crippen LogP contribution is -2.40. The highest BCUT2D eigenvalue weighted by Gasteiger charge is 2.36. The van der Waals surface area contributed by atoms with Crippen molar-refractivity contribution in [2.45, 2.75) is 524 Å². The third-order valence-electron chi connectivity index (χ3n) is 21.0. The first-order chi connectivity index (χ1) is 53.5. The first kappa shape index (κ1) is 116. The van der Waals surface area contributed by atoms with Crippen molar-refractivity contribution in [3.63, 3.8) is 0 Å². The monoisotopic (exact) mass is 1590 g/mol. The molecular weight excluding hydrogens is 1400 g/mol. The van der Waals surface area contributed by atoms with Gasteiger partial charge in [0.05, 0.1) is 0 Å². The molecular formula is C92H184N4O15. The summed E-state index contributed by atoms with van der Waals surface area (Å²) in [5.41, 5.74) is -3.00. The standard InChI is InChI=1S/C17H34O3.C16H32O3.C15H30N4.2C15H30O3.C14H28O3/c1-4-7-8-9-10-11-12-13-14-15-20-17(5-2,6-3)16(18)19;1-4-6-7-8-9-10-11-12-13-14-19-16(3,5-2)15(17)18;1-2-3-4-5-6-7-8-9-10-11-12-13-14-19-15-16-17-18-19;1-4-5-6-7-8-9-10-11-12-13-18-15(2,3)14(16)17;1-3-5-6-7-8-9-10-11-12-13-18-14(4-2)15(16)17;1-3-4-5-6-7-8-9-10-11-12-17-13(2)14(15)16/h4-15H2,1-3H3,(H,18,19);4-14H2,1-3H3,(H,17,18);15H,2-14H2,1H3;4-13H2,1-3H3,(H,16,17);14H,3-13H2,1-2H3,(H,16,17);13H,3-12H2,1-2H3,(H,15,16). The van der Waals surface area contributed by atoms with Crippen LogP contribution in [0.2, 0.25) is 0 Å². The molecule has 0 aliphatic heterocycles. The van der Waals surface area contributed by atoms with Crippen LogP contribution in [0.4, 0.5) is 0 Å². The number of tetrazole rings is 1. The topological polar surface area (TPSA) is 276 Å². The number of carboxylic acids is 5. The Labute approximate surface area is 683 Å². The average Bonchev–Trinajstić information content (AvgIpc) is 1.33. The molecule has 0 saturated carbocycles. The number of hydrogen-bond acceptors (Lipinski definition) is 13. The van der Waals surface area contributed by atoms with E-state index in [1.54, 1.807) is 34.0 Å². The lowest BCUT2D eigenvalue weighted by atomic mass is 9.97. The van der Waals surface area contributed by atoms with Crippen LogP contribution in [0.25, 0.3) is 0 Å². The highest BCUT2D eigenvalue weighted by Crippen LogP contribution is 2.23. The number of aryl methyl sites for hydroxylation is 1. The van der Waals surface area contributed by atoms with Crippen LogP contribution in [-0.4, -0.2) is 138 Å². The zero-order valence-electron chi connectivity index (χ0n) is 75.2. The van der Waals surface area contributed by atoms with E-state index in [0.29, 0.717) is 58.7 Å². The van der Waals surface area contributed by atoms with Gasteiger partial charge in [-0.2, -0.15) is 0 Å². The molecule has 3 atom stereocenters. The fourth-order valence-electron chi connectivity index (χ4n) is 12.5. The van der Waals surface area contributed by atoms with Crippen molar-refractivity contribution >= 4 is 29.8 Å². The molecule has 1 aromatic rings. The van der Waals surface area contributed by atoms with Crippen molar-refractivity contribution in [1.82, 2.24) is 20.2 Å². The molecule has 0 aliphatic carbocycles. The fraction of sp³-hybridized carbons (Fsp3) is 0.935. The van der Waals surface area contributed by atoms with Crippen LogP contribution in [0.3, 0.4) is 0 Å². The SMILES string of the molecule is CCCCCCCCCCCCCCn1cnnn1.CCCCCCCCCCCOC(C)(C)C(=O)O.CCCCCCCCCCCOC(C)(CC)C(=O)O.CCCCCCCCCCCOC(C)C(=O)O.CCCCCCCCCCCOC(CC)(CC)C(=O)O.CCCCCCCCCCCOC(CC)C(=O)O. The van der Waals surface area contributed by atoms with Gasteiger partial charge in [0.25, 0.3) is 0 Å². The van der Waals surface area contributed by atoms with Crippen LogP contribution in [0.5, 0.6) is 0 Å². The molecule has 0 radical (unpaired) electrons. The highest BCUT2D eigenvalue weighted by molar-refractivity contribution is 5.77. The van der Waals surface area contributed by atoms with Crippen LogP contribution in [0, 0.1) is 0 Å². The number of aromatic nitrogens is 4. The second-order valence-electron chi connectivity index (χ2n) is 31.8. The van der Waals surface area contributed by atoms with E-state index >= 15 is 0 Å². The Morgan fingerprint density at radius 1 is 0.324 bits per heavy atom. The molecule has 662 valence electrons. The van der Waals surface area contributed by atoms with Crippen molar-refractivity contribution in [2.75, 3.05) is 33.0 Å². The molecule has 0 amide bonds. The lowest BCUT2D eigenvalue weighted by molar-refractivity contribution is -0.167. The molecule has 111 heavy (non-hydrogen) atoms. The molecule has 1 aromatic heterocycles. The summed E-state index contributed by atoms with van der Waals surface area (Å²) in [5.74, 6) is -4.28. The lowest BCUT2D eigenvalue weighted by Gasteiger charge is -2.27. The van der Waals surface area contributed by atoms with Gasteiger partial charge in [0.2, 0.25) is 0 Å². The minimum Gasteiger partial charge on any atom is -0.479 e. The summed E-state index contributed by atoms with van der Waals surface area (Å²) in [4.78, 5) is 54.2. The molecule has 0 aliphatic rings. The Balaban J connectivity index is -0.000000405. The van der Waals surface area contributed by atoms with E-state index in [1.165, 1.54) is 302 Å². The van der Waals surface area contributed by atoms with Gasteiger partial charge in [0, 0.05) is 39.6 Å². The maximum Gasteiger partial charge on any atom is 0.335 e. The van der Waals surface area contributed by atoms with Gasteiger partial charge in [-0.3, -0.25) is 0 Å². The van der Waals surface area contributed by atoms with E-state index < -0.39 is 58.9 Å². The summed E-state index contributed by atoms with van der Waals surface area (Å²) in [7, 11) is 0. The van der Waals surface area contributed by atoms with Gasteiger partial charge in [-0.1, -0.05) is 397 Å². The minimum atomic E-state index is -1.04. The maximum absolute atomic E-state index is 11.2. The number of rotatable bonds is 77. The van der Waals surface area contributed by atoms with E-state index in [2.05, 4.69) is 57.1 Å². The van der Waals surface area contributed by atoms with E-state index in [1.807, 2.05) is 32.4 Å². The third-order valence-corrected chi connectivity index (χ3v) is 21.0. The van der Waals surface area contributed by atoms with Gasteiger partial charge in [0.1, 0.15) is 6.33 Å². The number of unbranched alkanes of at least 4 members (excludes halogenated alkanes) is 51. The fourth-order valence-corrected chi connectivity index (χ4v) is 12.5. The van der Waals surface area contributed by atoms with E-state index in [4.69, 9.17) is 44.1 Å². The van der Waals surface area contributed by atoms with Crippen LogP contribution in [0.15, 0.2) is 6.33 Å². The van der Waals surface area contributed by atoms with Crippen molar-refractivity contribution in [2.24, 2.45) is 0 Å². The predicted molar refractivity (Wildman–Crippen MR) is 463 cm³/mol. The molecule has 19 heteroatoms. The number of nitrogens with zero attached hydrogens (tertiary/aromatic N) is 4. The quantitative estimate of drug-likeness (QED) is 0.0379. The van der Waals surface area contributed by atoms with Gasteiger partial charge in [-0.05, 0) is 102 Å². The average molecular weight is 1590 g/mol. The molecule has 0 saturated heterocycles. The number of hydrogen-bond donors (Lipinski definition) is 5. The Bertz CT molecular complexity index is 2060. The number of carboxylic acid groups (broad SMARTS) is 5. The summed E-state index contributed by atoms with van der Waals surface area (Å²) in [6.45, 7) is 31.2. The Hall–Kier alpha value is -3.78. The molecule has 3 unspecified atom stereocenters. The molecule has 1 heterocycles. The molecule has 0 spiro atoms. The summed E-state index contributed by atoms with van der Waals surface area (Å²) in [5, 5.41) is 55.7. The maximum atomic E-state index is 11.2. The summed E-state index contributed by atoms with van der Waals surface area (Å²) < 4.78 is 28.8. The van der Waals surface area contributed by atoms with Gasteiger partial charge < -0.3 is 49.2 Å². The van der Waals surface area contributed by atoms with Crippen LogP contribution in [0.1, 0.15) is 489 Å². The highest BCUT2D eigenvalue weighted by atomic mass is 16.5. The summed E-state index contributed by atoms with van der Waals surface area (Å²) in [6, 6.07) is 0. The van der Waals surface area contributed by atoms with Crippen LogP contribution in [-0.2, 0) is 54.2 Å². The van der Waals surface area contributed by atoms with Crippen molar-refractivity contribution < 1.29 is 73.2 Å². The molecule has 5 N–H and O–H groups in total. The largest absolute Gasteiger partial charge is 0.479 e. The zero-order chi connectivity index (χ0) is 83.9. The summed E-state index contributed by atoms with van der Waals surface area (Å²) >= 11 is 0. The summed E-state index contributed by atoms with van der Waals surface area (Å²) in [6.07, 6.45) is 76.2. The first-order valence-electron chi connectivity index (χ1n) is 46.5. The van der Waals surface area contributed by atoms with Gasteiger partial charge in [-0.15, -0.1) is 5.10 Å². The number of carbonyl (C=O) groups is 5. The van der Waals surface area contributed by atoms with Crippen LogP contribution >= 0.6 is 0 Å². The number of ether oxygens (including phenoxy) is 5. The Kier molecular flexibility index (Phi) is 94.0. The van der Waals surface area contributed by atoms with Gasteiger partial charge >= 0.3 is 29.8 Å². The Morgan fingerprint density at radius 3 is 0.847 bits per heavy atom. The molecule has 0 aromatic carbocycles. The van der Waals surface area contributed by atoms with Crippen molar-refractivity contribution in [1.29, 1.82) is 0 Å². The van der Waals surface area contributed by atoms with Crippen molar-refractivity contribution in [3.05, 3.63) is 6.33 Å². The Morgan fingerprint density at radius 2 is 0.604 bits per heavy atom.